The van der Waals surface area contributed by atoms with Crippen LogP contribution in [0, 0.1) is 13.8 Å². The zero-order valence-corrected chi connectivity index (χ0v) is 12.5. The summed E-state index contributed by atoms with van der Waals surface area (Å²) in [5, 5.41) is 3.43. The number of aryl methyl sites for hydroxylation is 2. The van der Waals surface area contributed by atoms with Gasteiger partial charge in [0, 0.05) is 32.7 Å². The third-order valence-electron chi connectivity index (χ3n) is 3.27. The van der Waals surface area contributed by atoms with E-state index in [4.69, 9.17) is 11.6 Å². The van der Waals surface area contributed by atoms with Crippen LogP contribution in [0.4, 0.5) is 0 Å². The molecular weight excluding hydrogens is 280 g/mol. The third-order valence-corrected chi connectivity index (χ3v) is 4.62. The molecule has 0 fully saturated rings. The van der Waals surface area contributed by atoms with Crippen molar-refractivity contribution >= 4 is 39.2 Å². The lowest BCUT2D eigenvalue weighted by Crippen LogP contribution is -2.05. The quantitative estimate of drug-likeness (QED) is 0.644. The minimum absolute atomic E-state index is 0.711. The van der Waals surface area contributed by atoms with Crippen molar-refractivity contribution in [2.24, 2.45) is 0 Å². The Hall–Kier alpha value is -1.23. The van der Waals surface area contributed by atoms with Crippen LogP contribution in [0.3, 0.4) is 0 Å². The number of halogens is 1. The first kappa shape index (κ1) is 12.8. The number of aromatic nitrogens is 2. The second-order valence-electron chi connectivity index (χ2n) is 4.60. The lowest BCUT2D eigenvalue weighted by atomic mass is 10.1. The molecule has 1 aromatic carbocycles. The Labute approximate surface area is 119 Å². The Morgan fingerprint density at radius 2 is 2.00 bits per heavy atom. The lowest BCUT2D eigenvalue weighted by Gasteiger charge is -2.09. The maximum absolute atomic E-state index is 11.9. The Kier molecular flexibility index (Phi) is 2.96. The highest BCUT2D eigenvalue weighted by atomic mass is 35.5. The molecule has 0 saturated heterocycles. The summed E-state index contributed by atoms with van der Waals surface area (Å²) in [4.78, 5) is 4.58. The molecule has 3 nitrogen and oxygen atoms in total. The van der Waals surface area contributed by atoms with E-state index in [1.165, 1.54) is 0 Å². The maximum Gasteiger partial charge on any atom is 0.252 e. The third kappa shape index (κ3) is 1.83. The maximum atomic E-state index is 11.9. The SMILES string of the molecule is Cc1nc2c3cccc(Cl)c3cc(C)n2c1[S+](C)[O-]. The molecule has 19 heavy (non-hydrogen) atoms. The topological polar surface area (TPSA) is 40.4 Å². The standard InChI is InChI=1S/C14H13ClN2OS/c1-8-7-11-10(5-4-6-12(11)15)13-16-9(2)14(17(8)13)19(3)18/h4-7H,1-3H3. The zero-order valence-electron chi connectivity index (χ0n) is 10.9. The summed E-state index contributed by atoms with van der Waals surface area (Å²) in [6, 6.07) is 7.79. The van der Waals surface area contributed by atoms with Gasteiger partial charge in [-0.2, -0.15) is 0 Å². The number of benzene rings is 1. The fraction of sp³-hybridized carbons (Fsp3) is 0.214. The molecule has 0 amide bonds. The highest BCUT2D eigenvalue weighted by Gasteiger charge is 2.20. The van der Waals surface area contributed by atoms with Gasteiger partial charge in [0.05, 0.1) is 0 Å². The second-order valence-corrected chi connectivity index (χ2v) is 6.30. The van der Waals surface area contributed by atoms with E-state index in [1.807, 2.05) is 42.5 Å². The van der Waals surface area contributed by atoms with Gasteiger partial charge in [0.25, 0.3) is 5.03 Å². The van der Waals surface area contributed by atoms with E-state index in [9.17, 15) is 4.55 Å². The average molecular weight is 293 g/mol. The van der Waals surface area contributed by atoms with Gasteiger partial charge < -0.3 is 4.55 Å². The number of hydrogen-bond acceptors (Lipinski definition) is 2. The lowest BCUT2D eigenvalue weighted by molar-refractivity contribution is 0.595. The van der Waals surface area contributed by atoms with Crippen LogP contribution >= 0.6 is 11.6 Å². The van der Waals surface area contributed by atoms with Gasteiger partial charge in [0.15, 0.2) is 0 Å². The van der Waals surface area contributed by atoms with Gasteiger partial charge >= 0.3 is 0 Å². The Bertz CT molecular complexity index is 795. The van der Waals surface area contributed by atoms with Crippen LogP contribution < -0.4 is 0 Å². The molecule has 0 saturated carbocycles. The fourth-order valence-corrected chi connectivity index (χ4v) is 3.69. The Morgan fingerprint density at radius 1 is 1.26 bits per heavy atom. The number of nitrogens with zero attached hydrogens (tertiary/aromatic N) is 2. The molecule has 0 spiro atoms. The molecule has 98 valence electrons. The van der Waals surface area contributed by atoms with E-state index in [-0.39, 0.29) is 0 Å². The van der Waals surface area contributed by atoms with Crippen molar-refractivity contribution in [3.8, 4) is 0 Å². The van der Waals surface area contributed by atoms with Gasteiger partial charge in [0.2, 0.25) is 0 Å². The molecule has 2 heterocycles. The number of pyridine rings is 1. The molecule has 5 heteroatoms. The van der Waals surface area contributed by atoms with Crippen LogP contribution in [0.1, 0.15) is 11.4 Å². The molecule has 0 radical (unpaired) electrons. The van der Waals surface area contributed by atoms with Gasteiger partial charge in [-0.05, 0) is 26.0 Å². The first-order chi connectivity index (χ1) is 9.00. The molecule has 0 bridgehead atoms. The van der Waals surface area contributed by atoms with Crippen LogP contribution in [-0.4, -0.2) is 20.2 Å². The molecule has 0 N–H and O–H groups in total. The predicted molar refractivity (Wildman–Crippen MR) is 79.5 cm³/mol. The van der Waals surface area contributed by atoms with Crippen molar-refractivity contribution in [2.75, 3.05) is 6.26 Å². The minimum atomic E-state index is -1.08. The van der Waals surface area contributed by atoms with Crippen molar-refractivity contribution in [1.29, 1.82) is 0 Å². The van der Waals surface area contributed by atoms with E-state index < -0.39 is 11.2 Å². The van der Waals surface area contributed by atoms with Gasteiger partial charge in [-0.1, -0.05) is 23.7 Å². The molecule has 0 aliphatic heterocycles. The summed E-state index contributed by atoms with van der Waals surface area (Å²) in [5.74, 6) is 0. The average Bonchev–Trinajstić information content (AvgIpc) is 2.69. The highest BCUT2D eigenvalue weighted by molar-refractivity contribution is 7.90. The summed E-state index contributed by atoms with van der Waals surface area (Å²) in [7, 11) is 0. The number of fused-ring (bicyclic) bond motifs is 3. The fourth-order valence-electron chi connectivity index (χ4n) is 2.51. The minimum Gasteiger partial charge on any atom is -0.610 e. The largest absolute Gasteiger partial charge is 0.610 e. The van der Waals surface area contributed by atoms with Crippen molar-refractivity contribution in [3.63, 3.8) is 0 Å². The summed E-state index contributed by atoms with van der Waals surface area (Å²) in [5.41, 5.74) is 2.61. The van der Waals surface area contributed by atoms with E-state index >= 15 is 0 Å². The first-order valence-electron chi connectivity index (χ1n) is 5.91. The predicted octanol–water partition coefficient (Wildman–Crippen LogP) is 3.50. The summed E-state index contributed by atoms with van der Waals surface area (Å²) in [6.07, 6.45) is 1.68. The van der Waals surface area contributed by atoms with E-state index in [2.05, 4.69) is 4.98 Å². The number of rotatable bonds is 1. The van der Waals surface area contributed by atoms with Gasteiger partial charge in [-0.3, -0.25) is 4.40 Å². The molecule has 3 rings (SSSR count). The first-order valence-corrected chi connectivity index (χ1v) is 7.84. The Balaban J connectivity index is 2.57. The van der Waals surface area contributed by atoms with Gasteiger partial charge in [-0.25, -0.2) is 4.98 Å². The molecule has 0 aliphatic rings. The molecule has 1 atom stereocenters. The normalized spacial score (nSPS) is 13.3. The van der Waals surface area contributed by atoms with Crippen LogP contribution in [0.2, 0.25) is 5.02 Å². The van der Waals surface area contributed by atoms with Crippen LogP contribution in [-0.2, 0) is 11.2 Å². The van der Waals surface area contributed by atoms with Crippen LogP contribution in [0.15, 0.2) is 29.3 Å². The second kappa shape index (κ2) is 4.40. The molecule has 0 aliphatic carbocycles. The van der Waals surface area contributed by atoms with Crippen molar-refractivity contribution in [3.05, 3.63) is 40.7 Å². The van der Waals surface area contributed by atoms with E-state index in [0.29, 0.717) is 5.02 Å². The summed E-state index contributed by atoms with van der Waals surface area (Å²) < 4.78 is 13.9. The molecule has 1 unspecified atom stereocenters. The molecule has 2 aromatic heterocycles. The Morgan fingerprint density at radius 3 is 2.68 bits per heavy atom. The van der Waals surface area contributed by atoms with Crippen molar-refractivity contribution < 1.29 is 4.55 Å². The summed E-state index contributed by atoms with van der Waals surface area (Å²) >= 11 is 5.17. The monoisotopic (exact) mass is 292 g/mol. The van der Waals surface area contributed by atoms with E-state index in [0.717, 1.165) is 32.8 Å². The van der Waals surface area contributed by atoms with Gasteiger partial charge in [0.1, 0.15) is 17.6 Å². The van der Waals surface area contributed by atoms with Gasteiger partial charge in [-0.15, -0.1) is 0 Å². The summed E-state index contributed by atoms with van der Waals surface area (Å²) in [6.45, 7) is 3.87. The molecular formula is C14H13ClN2OS. The van der Waals surface area contributed by atoms with Crippen LogP contribution in [0.25, 0.3) is 16.4 Å². The molecule has 3 aromatic rings. The van der Waals surface area contributed by atoms with Crippen LogP contribution in [0.5, 0.6) is 0 Å². The zero-order chi connectivity index (χ0) is 13.7. The smallest absolute Gasteiger partial charge is 0.252 e. The highest BCUT2D eigenvalue weighted by Crippen LogP contribution is 2.30. The number of hydrogen-bond donors (Lipinski definition) is 0. The van der Waals surface area contributed by atoms with Crippen molar-refractivity contribution in [1.82, 2.24) is 9.38 Å². The van der Waals surface area contributed by atoms with E-state index in [1.54, 1.807) is 6.26 Å². The number of imidazole rings is 1. The van der Waals surface area contributed by atoms with Crippen molar-refractivity contribution in [2.45, 2.75) is 18.9 Å².